The van der Waals surface area contributed by atoms with Gasteiger partial charge in [-0.1, -0.05) is 53.0 Å². The highest BCUT2D eigenvalue weighted by atomic mass is 32.1. The molecule has 2 aromatic heterocycles. The summed E-state index contributed by atoms with van der Waals surface area (Å²) < 4.78 is 61.5. The van der Waals surface area contributed by atoms with Crippen molar-refractivity contribution in [3.8, 4) is 33.4 Å². The second-order valence-corrected chi connectivity index (χ2v) is 11.0. The number of benzene rings is 4. The van der Waals surface area contributed by atoms with Crippen LogP contribution in [0.1, 0.15) is 22.0 Å². The number of nitrogens with zero attached hydrogens (tertiary/aromatic N) is 2. The molecule has 0 bridgehead atoms. The normalized spacial score (nSPS) is 11.9. The molecule has 0 aliphatic carbocycles. The number of ether oxygens (including phenoxy) is 4. The highest BCUT2D eigenvalue weighted by Gasteiger charge is 2.39. The molecule has 13 heteroatoms. The number of alkyl halides is 3. The number of aliphatic hydroxyl groups is 1. The van der Waals surface area contributed by atoms with Crippen LogP contribution in [0.2, 0.25) is 0 Å². The van der Waals surface area contributed by atoms with Crippen molar-refractivity contribution in [3.63, 3.8) is 0 Å². The van der Waals surface area contributed by atoms with Crippen LogP contribution < -0.4 is 18.9 Å². The maximum absolute atomic E-state index is 12.6. The van der Waals surface area contributed by atoms with Crippen molar-refractivity contribution in [2.45, 2.75) is 12.3 Å². The number of carbonyl (C=O) groups excluding carboxylic acids is 1. The molecule has 1 atom stereocenters. The summed E-state index contributed by atoms with van der Waals surface area (Å²) in [6, 6.07) is 23.8. The third-order valence-corrected chi connectivity index (χ3v) is 7.91. The van der Waals surface area contributed by atoms with Crippen LogP contribution in [0.15, 0.2) is 84.9 Å². The van der Waals surface area contributed by atoms with Gasteiger partial charge >= 0.3 is 6.18 Å². The summed E-state index contributed by atoms with van der Waals surface area (Å²) in [7, 11) is 2.85. The van der Waals surface area contributed by atoms with Gasteiger partial charge in [0.25, 0.3) is 10.4 Å². The molecule has 0 amide bonds. The molecule has 1 unspecified atom stereocenters. The van der Waals surface area contributed by atoms with Crippen LogP contribution in [-0.2, 0) is 0 Å². The van der Waals surface area contributed by atoms with Gasteiger partial charge < -0.3 is 24.1 Å². The van der Waals surface area contributed by atoms with Crippen LogP contribution in [0.25, 0.3) is 20.4 Å². The predicted octanol–water partition coefficient (Wildman–Crippen LogP) is 8.60. The molecule has 0 aliphatic rings. The van der Waals surface area contributed by atoms with Crippen LogP contribution in [0.3, 0.4) is 0 Å². The second kappa shape index (κ2) is 13.3. The average Bonchev–Trinajstić information content (AvgIpc) is 3.64. The zero-order chi connectivity index (χ0) is 31.3. The second-order valence-electron chi connectivity index (χ2n) is 8.98. The predicted molar refractivity (Wildman–Crippen MR) is 162 cm³/mol. The first-order valence-electron chi connectivity index (χ1n) is 12.8. The van der Waals surface area contributed by atoms with E-state index in [1.165, 1.54) is 43.0 Å². The Hall–Kier alpha value is -4.72. The van der Waals surface area contributed by atoms with E-state index in [1.807, 2.05) is 48.5 Å². The number of para-hydroxylation sites is 2. The van der Waals surface area contributed by atoms with Gasteiger partial charge in [0.2, 0.25) is 0 Å². The highest BCUT2D eigenvalue weighted by molar-refractivity contribution is 7.20. The zero-order valence-corrected chi connectivity index (χ0v) is 24.7. The summed E-state index contributed by atoms with van der Waals surface area (Å²) in [5.74, 6) is 1.34. The minimum atomic E-state index is -4.75. The average molecular weight is 641 g/mol. The first-order chi connectivity index (χ1) is 21.2. The smallest absolute Gasteiger partial charge is 0.418 e. The van der Waals surface area contributed by atoms with Gasteiger partial charge in [0, 0.05) is 5.56 Å². The summed E-state index contributed by atoms with van der Waals surface area (Å²) in [5.41, 5.74) is 1.88. The van der Waals surface area contributed by atoms with E-state index in [-0.39, 0.29) is 17.1 Å². The number of hydrogen-bond acceptors (Lipinski definition) is 10. The Morgan fingerprint density at radius 2 is 1.23 bits per heavy atom. The molecule has 0 saturated heterocycles. The standard InChI is InChI=1S/C16H12F3NO3S.C15H11NO3S/c1-22-12-8-9(14(21)16(17,18)19)6-7-11(12)23-15-20-10-4-2-3-5-13(10)24-15;1-18-13-8-10(9-17)6-7-12(13)19-15-16-11-4-2-3-5-14(11)20-15/h2-8,14,21H,1H3;2-9H,1H3. The Labute approximate surface area is 256 Å². The lowest BCUT2D eigenvalue weighted by Crippen LogP contribution is -2.20. The molecule has 6 rings (SSSR count). The summed E-state index contributed by atoms with van der Waals surface area (Å²) in [6.45, 7) is 0. The van der Waals surface area contributed by atoms with Crippen molar-refractivity contribution in [3.05, 3.63) is 96.1 Å². The van der Waals surface area contributed by atoms with Gasteiger partial charge in [0.05, 0.1) is 34.7 Å². The molecular formula is C31H23F3N2O6S2. The Morgan fingerprint density at radius 3 is 1.70 bits per heavy atom. The SMILES string of the molecule is COc1cc(C(O)C(F)(F)F)ccc1Oc1nc2ccccc2s1.COc1cc(C=O)ccc1Oc1nc2ccccc2s1. The van der Waals surface area contributed by atoms with E-state index in [2.05, 4.69) is 9.97 Å². The first kappa shape index (κ1) is 30.7. The number of rotatable bonds is 8. The first-order valence-corrected chi connectivity index (χ1v) is 14.4. The Balaban J connectivity index is 0.000000177. The quantitative estimate of drug-likeness (QED) is 0.165. The molecular weight excluding hydrogens is 617 g/mol. The summed E-state index contributed by atoms with van der Waals surface area (Å²) >= 11 is 2.77. The number of carbonyl (C=O) groups is 1. The van der Waals surface area contributed by atoms with Crippen molar-refractivity contribution in [1.82, 2.24) is 9.97 Å². The van der Waals surface area contributed by atoms with Crippen LogP contribution >= 0.6 is 22.7 Å². The van der Waals surface area contributed by atoms with Gasteiger partial charge in [-0.3, -0.25) is 4.79 Å². The van der Waals surface area contributed by atoms with Gasteiger partial charge in [-0.05, 0) is 60.2 Å². The molecule has 1 N–H and O–H groups in total. The number of thiazole rings is 2. The molecule has 6 aromatic rings. The van der Waals surface area contributed by atoms with E-state index < -0.39 is 12.3 Å². The number of fused-ring (bicyclic) bond motifs is 2. The fourth-order valence-corrected chi connectivity index (χ4v) is 5.60. The van der Waals surface area contributed by atoms with Gasteiger partial charge in [-0.15, -0.1) is 0 Å². The van der Waals surface area contributed by atoms with Gasteiger partial charge in [0.1, 0.15) is 6.29 Å². The topological polar surface area (TPSA) is 100 Å². The molecule has 2 heterocycles. The summed E-state index contributed by atoms with van der Waals surface area (Å²) in [4.78, 5) is 19.4. The van der Waals surface area contributed by atoms with E-state index in [4.69, 9.17) is 18.9 Å². The lowest BCUT2D eigenvalue weighted by Gasteiger charge is -2.16. The number of hydrogen-bond donors (Lipinski definition) is 1. The fraction of sp³-hybridized carbons (Fsp3) is 0.129. The number of aldehydes is 1. The lowest BCUT2D eigenvalue weighted by molar-refractivity contribution is -0.206. The molecule has 226 valence electrons. The third-order valence-electron chi connectivity index (χ3n) is 6.08. The fourth-order valence-electron chi connectivity index (χ4n) is 3.95. The largest absolute Gasteiger partial charge is 0.493 e. The lowest BCUT2D eigenvalue weighted by atomic mass is 10.1. The molecule has 0 radical (unpaired) electrons. The maximum Gasteiger partial charge on any atom is 0.418 e. The molecule has 0 spiro atoms. The third kappa shape index (κ3) is 7.08. The Kier molecular flexibility index (Phi) is 9.28. The van der Waals surface area contributed by atoms with Crippen LogP contribution in [0, 0.1) is 0 Å². The van der Waals surface area contributed by atoms with Crippen molar-refractivity contribution >= 4 is 49.4 Å². The number of methoxy groups -OCH3 is 2. The number of aliphatic hydroxyl groups excluding tert-OH is 1. The van der Waals surface area contributed by atoms with Crippen molar-refractivity contribution in [1.29, 1.82) is 0 Å². The summed E-state index contributed by atoms with van der Waals surface area (Å²) in [5, 5.41) is 10.2. The van der Waals surface area contributed by atoms with Crippen molar-refractivity contribution in [2.75, 3.05) is 14.2 Å². The van der Waals surface area contributed by atoms with E-state index >= 15 is 0 Å². The zero-order valence-electron chi connectivity index (χ0n) is 23.1. The van der Waals surface area contributed by atoms with Gasteiger partial charge in [-0.2, -0.15) is 13.2 Å². The van der Waals surface area contributed by atoms with E-state index in [9.17, 15) is 23.1 Å². The van der Waals surface area contributed by atoms with Crippen LogP contribution in [0.5, 0.6) is 33.4 Å². The molecule has 8 nitrogen and oxygen atoms in total. The van der Waals surface area contributed by atoms with Crippen molar-refractivity contribution < 1.29 is 42.0 Å². The van der Waals surface area contributed by atoms with E-state index in [0.717, 1.165) is 38.9 Å². The summed E-state index contributed by atoms with van der Waals surface area (Å²) in [6.07, 6.45) is -6.56. The monoisotopic (exact) mass is 640 g/mol. The Bertz CT molecular complexity index is 1840. The van der Waals surface area contributed by atoms with Gasteiger partial charge in [-0.25, -0.2) is 9.97 Å². The molecule has 0 saturated carbocycles. The number of halogens is 3. The molecule has 0 aliphatic heterocycles. The van der Waals surface area contributed by atoms with E-state index in [1.54, 1.807) is 18.2 Å². The minimum Gasteiger partial charge on any atom is -0.493 e. The van der Waals surface area contributed by atoms with Crippen molar-refractivity contribution in [2.24, 2.45) is 0 Å². The number of aromatic nitrogens is 2. The highest BCUT2D eigenvalue weighted by Crippen LogP contribution is 2.40. The van der Waals surface area contributed by atoms with E-state index in [0.29, 0.717) is 27.4 Å². The molecule has 0 fully saturated rings. The van der Waals surface area contributed by atoms with Gasteiger partial charge in [0.15, 0.2) is 29.1 Å². The molecule has 44 heavy (non-hydrogen) atoms. The van der Waals surface area contributed by atoms with Crippen LogP contribution in [0.4, 0.5) is 13.2 Å². The maximum atomic E-state index is 12.6. The minimum absolute atomic E-state index is 0.0788. The Morgan fingerprint density at radius 1 is 0.727 bits per heavy atom. The molecule has 4 aromatic carbocycles. The van der Waals surface area contributed by atoms with Crippen LogP contribution in [-0.4, -0.2) is 41.8 Å².